The number of nitrogens with zero attached hydrogens (tertiary/aromatic N) is 5. The number of carbonyl (C=O) groups is 2. The minimum Gasteiger partial charge on any atom is -0.356 e. The molecule has 0 aliphatic heterocycles. The van der Waals surface area contributed by atoms with Crippen LogP contribution >= 0.6 is 0 Å². The number of carbonyl (C=O) groups excluding carboxylic acids is 2. The highest BCUT2D eigenvalue weighted by Crippen LogP contribution is 2.33. The number of primary sulfonamides is 1. The molecule has 2 heterocycles. The van der Waals surface area contributed by atoms with Gasteiger partial charge < -0.3 is 10.6 Å². The number of imidazole rings is 1. The topological polar surface area (TPSA) is 187 Å². The molecule has 3 aromatic carbocycles. The van der Waals surface area contributed by atoms with Crippen LogP contribution < -0.4 is 21.5 Å². The molecule has 0 saturated heterocycles. The Labute approximate surface area is 314 Å². The summed E-state index contributed by atoms with van der Waals surface area (Å²) in [5.74, 6) is -0.703. The van der Waals surface area contributed by atoms with Crippen LogP contribution in [-0.2, 0) is 27.4 Å². The van der Waals surface area contributed by atoms with Crippen molar-refractivity contribution >= 4 is 22.0 Å². The van der Waals surface area contributed by atoms with Crippen LogP contribution in [0.25, 0.3) is 22.8 Å². The van der Waals surface area contributed by atoms with Crippen LogP contribution in [0.3, 0.4) is 0 Å². The lowest BCUT2D eigenvalue weighted by atomic mass is 9.79. The summed E-state index contributed by atoms with van der Waals surface area (Å²) >= 11 is 0. The van der Waals surface area contributed by atoms with E-state index in [1.807, 2.05) is 19.9 Å². The van der Waals surface area contributed by atoms with E-state index in [-0.39, 0.29) is 53.0 Å². The van der Waals surface area contributed by atoms with E-state index >= 15 is 0 Å². The zero-order chi connectivity index (χ0) is 40.0. The summed E-state index contributed by atoms with van der Waals surface area (Å²) in [5.41, 5.74) is 2.41. The van der Waals surface area contributed by atoms with Crippen LogP contribution in [0.4, 0.5) is 18.0 Å². The molecule has 2 amide bonds. The summed E-state index contributed by atoms with van der Waals surface area (Å²) in [6, 6.07) is 14.4. The van der Waals surface area contributed by atoms with E-state index < -0.39 is 45.4 Å². The second-order valence-corrected chi connectivity index (χ2v) is 15.1. The predicted octanol–water partition coefficient (Wildman–Crippen LogP) is 4.96. The lowest BCUT2D eigenvalue weighted by molar-refractivity contribution is -0.137. The summed E-state index contributed by atoms with van der Waals surface area (Å²) < 4.78 is 68.6. The largest absolute Gasteiger partial charge is 0.416 e. The van der Waals surface area contributed by atoms with Gasteiger partial charge in [0.2, 0.25) is 15.9 Å². The summed E-state index contributed by atoms with van der Waals surface area (Å²) in [4.78, 5) is 41.1. The first kappa shape index (κ1) is 38.7. The first-order chi connectivity index (χ1) is 25.9. The highest BCUT2D eigenvalue weighted by atomic mass is 32.2. The first-order valence-electron chi connectivity index (χ1n) is 17.2. The fourth-order valence-electron chi connectivity index (χ4n) is 6.88. The maximum atomic E-state index is 14.1. The number of aromatic nitrogens is 4. The normalized spacial score (nSPS) is 15.6. The molecule has 55 heavy (non-hydrogen) atoms. The van der Waals surface area contributed by atoms with Crippen molar-refractivity contribution in [2.24, 2.45) is 11.1 Å². The highest BCUT2D eigenvalue weighted by molar-refractivity contribution is 7.89. The van der Waals surface area contributed by atoms with E-state index in [9.17, 15) is 41.2 Å². The molecule has 6 rings (SSSR count). The van der Waals surface area contributed by atoms with Crippen LogP contribution in [0.15, 0.2) is 76.6 Å². The Bertz CT molecular complexity index is 2540. The number of halogens is 3. The van der Waals surface area contributed by atoms with Gasteiger partial charge in [-0.05, 0) is 124 Å². The molecule has 0 radical (unpaired) electrons. The molecule has 1 aliphatic rings. The molecule has 1 saturated carbocycles. The number of rotatable bonds is 9. The zero-order valence-electron chi connectivity index (χ0n) is 30.2. The van der Waals surface area contributed by atoms with Crippen molar-refractivity contribution in [3.05, 3.63) is 116 Å². The van der Waals surface area contributed by atoms with Gasteiger partial charge in [-0.25, -0.2) is 32.4 Å². The van der Waals surface area contributed by atoms with Gasteiger partial charge in [0.05, 0.1) is 51.1 Å². The fourth-order valence-corrected chi connectivity index (χ4v) is 7.76. The quantitative estimate of drug-likeness (QED) is 0.189. The molecule has 0 bridgehead atoms. The van der Waals surface area contributed by atoms with E-state index in [2.05, 4.69) is 15.7 Å². The Morgan fingerprint density at radius 1 is 0.982 bits per heavy atom. The predicted molar refractivity (Wildman–Crippen MR) is 196 cm³/mol. The average Bonchev–Trinajstić information content (AvgIpc) is 3.70. The van der Waals surface area contributed by atoms with Gasteiger partial charge in [-0.3, -0.25) is 9.36 Å². The second kappa shape index (κ2) is 14.7. The van der Waals surface area contributed by atoms with E-state index in [1.54, 1.807) is 37.3 Å². The summed E-state index contributed by atoms with van der Waals surface area (Å²) in [6.07, 6.45) is -2.36. The minimum atomic E-state index is -4.69. The van der Waals surface area contributed by atoms with E-state index in [0.29, 0.717) is 23.2 Å². The van der Waals surface area contributed by atoms with Gasteiger partial charge in [-0.15, -0.1) is 0 Å². The lowest BCUT2D eigenvalue weighted by Crippen LogP contribution is -2.51. The Kier molecular flexibility index (Phi) is 10.3. The third-order valence-corrected chi connectivity index (χ3v) is 11.2. The molecule has 0 spiro atoms. The van der Waals surface area contributed by atoms with Gasteiger partial charge >= 0.3 is 17.9 Å². The number of benzene rings is 3. The van der Waals surface area contributed by atoms with Crippen molar-refractivity contribution in [3.8, 4) is 28.8 Å². The zero-order valence-corrected chi connectivity index (χ0v) is 31.0. The van der Waals surface area contributed by atoms with Gasteiger partial charge in [0.15, 0.2) is 0 Å². The molecule has 4 N–H and O–H groups in total. The van der Waals surface area contributed by atoms with Crippen LogP contribution in [0, 0.1) is 44.9 Å². The van der Waals surface area contributed by atoms with Crippen molar-refractivity contribution in [2.75, 3.05) is 6.54 Å². The molecular weight excluding hydrogens is 738 g/mol. The minimum absolute atomic E-state index is 0.0378. The number of amides is 2. The van der Waals surface area contributed by atoms with Crippen molar-refractivity contribution in [1.29, 1.82) is 5.26 Å². The number of sulfonamides is 1. The maximum Gasteiger partial charge on any atom is 0.416 e. The fraction of sp³-hybridized carbons (Fsp3) is 0.289. The third-order valence-electron chi connectivity index (χ3n) is 10.2. The average molecular weight is 775 g/mol. The standard InChI is InChI=1S/C38H37F3N8O5S/c1-21-22(2)26(18-33(23(21)3)55(43,53)54)12-14-44-35(50)27-16-29(17-27)46-36(51)48-34(32-13-15-45-49(32)30-10-8-25(20-42)9-11-30)24(4)47(37(48)52)31-7-5-6-28(19-31)38(39,40)41/h5-11,13,15,18-19,27,29H,12,14,16-17H2,1-4H3,(H,44,50)(H,46,51)(H2,43,53,54). The Morgan fingerprint density at radius 3 is 2.31 bits per heavy atom. The number of hydrogen-bond acceptors (Lipinski definition) is 7. The molecule has 13 nitrogen and oxygen atoms in total. The number of nitrogens with two attached hydrogens (primary N) is 1. The summed E-state index contributed by atoms with van der Waals surface area (Å²) in [7, 11) is -3.94. The monoisotopic (exact) mass is 774 g/mol. The van der Waals surface area contributed by atoms with E-state index in [1.165, 1.54) is 36.0 Å². The maximum absolute atomic E-state index is 14.1. The smallest absolute Gasteiger partial charge is 0.356 e. The molecule has 1 aliphatic carbocycles. The summed E-state index contributed by atoms with van der Waals surface area (Å²) in [5, 5.41) is 24.7. The van der Waals surface area contributed by atoms with E-state index in [4.69, 9.17) is 5.14 Å². The molecule has 5 aromatic rings. The molecule has 2 aromatic heterocycles. The molecule has 17 heteroatoms. The molecule has 0 atom stereocenters. The van der Waals surface area contributed by atoms with Crippen LogP contribution in [0.1, 0.15) is 51.9 Å². The Morgan fingerprint density at radius 2 is 1.67 bits per heavy atom. The van der Waals surface area contributed by atoms with Crippen LogP contribution in [0.5, 0.6) is 0 Å². The van der Waals surface area contributed by atoms with Gasteiger partial charge in [0.25, 0.3) is 0 Å². The van der Waals surface area contributed by atoms with Crippen molar-refractivity contribution < 1.29 is 31.2 Å². The van der Waals surface area contributed by atoms with Gasteiger partial charge in [0.1, 0.15) is 5.69 Å². The third kappa shape index (κ3) is 7.55. The second-order valence-electron chi connectivity index (χ2n) is 13.5. The van der Waals surface area contributed by atoms with Gasteiger partial charge in [0, 0.05) is 18.5 Å². The van der Waals surface area contributed by atoms with Crippen LogP contribution in [0.2, 0.25) is 0 Å². The number of nitrogens with one attached hydrogen (secondary N) is 2. The number of alkyl halides is 3. The highest BCUT2D eigenvalue weighted by Gasteiger charge is 2.37. The first-order valence-corrected chi connectivity index (χ1v) is 18.7. The number of hydrogen-bond donors (Lipinski definition) is 3. The van der Waals surface area contributed by atoms with Gasteiger partial charge in [-0.2, -0.15) is 23.5 Å². The van der Waals surface area contributed by atoms with Crippen LogP contribution in [-0.4, -0.2) is 51.9 Å². The Balaban J connectivity index is 1.23. The van der Waals surface area contributed by atoms with Gasteiger partial charge in [-0.1, -0.05) is 6.07 Å². The molecular formula is C38H37F3N8O5S. The van der Waals surface area contributed by atoms with Crippen molar-refractivity contribution in [3.63, 3.8) is 0 Å². The molecule has 1 fully saturated rings. The molecule has 0 unspecified atom stereocenters. The van der Waals surface area contributed by atoms with Crippen molar-refractivity contribution in [2.45, 2.75) is 64.1 Å². The lowest BCUT2D eigenvalue weighted by Gasteiger charge is -2.34. The van der Waals surface area contributed by atoms with E-state index in [0.717, 1.165) is 38.0 Å². The Hall–Kier alpha value is -5.99. The SMILES string of the molecule is Cc1c(CCNC(=O)C2CC(NC(=O)n3c(-c4ccnn4-c4ccc(C#N)cc4)c(C)n(-c4cccc(C(F)(F)F)c4)c3=O)C2)cc(S(N)(=O)=O)c(C)c1C. The number of nitriles is 1. The summed E-state index contributed by atoms with van der Waals surface area (Å²) in [6.45, 7) is 7.12. The molecule has 286 valence electrons. The van der Waals surface area contributed by atoms with Crippen molar-refractivity contribution in [1.82, 2.24) is 29.5 Å².